The third kappa shape index (κ3) is 8.96. The Labute approximate surface area is 260 Å². The van der Waals surface area contributed by atoms with Crippen LogP contribution in [-0.2, 0) is 32.2 Å². The summed E-state index contributed by atoms with van der Waals surface area (Å²) >= 11 is 1.55. The van der Waals surface area contributed by atoms with Crippen molar-refractivity contribution in [1.29, 1.82) is 0 Å². The number of amides is 1. The van der Waals surface area contributed by atoms with Gasteiger partial charge in [-0.25, -0.2) is 9.97 Å². The summed E-state index contributed by atoms with van der Waals surface area (Å²) in [5.41, 5.74) is 5.68. The zero-order valence-electron chi connectivity index (χ0n) is 24.2. The molecule has 1 fully saturated rings. The fourth-order valence-electron chi connectivity index (χ4n) is 4.97. The number of aliphatic hydroxyl groups excluding tert-OH is 1. The van der Waals surface area contributed by atoms with Crippen LogP contribution in [0.5, 0.6) is 0 Å². The summed E-state index contributed by atoms with van der Waals surface area (Å²) in [6, 6.07) is 25.6. The molecule has 4 aromatic rings. The van der Waals surface area contributed by atoms with Gasteiger partial charge in [-0.1, -0.05) is 72.4 Å². The molecule has 9 nitrogen and oxygen atoms in total. The van der Waals surface area contributed by atoms with Gasteiger partial charge in [0.25, 0.3) is 0 Å². The standard InChI is InChI=1S/C34H35N3O6S/c38-21-23-11-13-25(14-12-23)30-19-29(22-44-34-35-15-4-16-36-34)42-33(43-30)28-8-2-7-27(18-28)26-6-1-5-24(17-26)20-37-31(39)9-3-10-32(40)41/h1-2,4-8,11-18,29-30,33,38H,3,9-10,19-22H2,(H,37,39)(H,40,41). The zero-order valence-corrected chi connectivity index (χ0v) is 25.0. The van der Waals surface area contributed by atoms with Gasteiger partial charge in [0, 0.05) is 49.5 Å². The van der Waals surface area contributed by atoms with E-state index in [1.54, 1.807) is 30.2 Å². The van der Waals surface area contributed by atoms with E-state index in [4.69, 9.17) is 14.6 Å². The van der Waals surface area contributed by atoms with Crippen molar-refractivity contribution in [3.05, 3.63) is 114 Å². The fourth-order valence-corrected chi connectivity index (χ4v) is 5.79. The van der Waals surface area contributed by atoms with Crippen molar-refractivity contribution < 1.29 is 29.3 Å². The molecule has 10 heteroatoms. The van der Waals surface area contributed by atoms with Gasteiger partial charge < -0.3 is 25.0 Å². The van der Waals surface area contributed by atoms with Gasteiger partial charge in [0.2, 0.25) is 5.91 Å². The summed E-state index contributed by atoms with van der Waals surface area (Å²) in [5.74, 6) is -0.406. The molecule has 3 atom stereocenters. The Morgan fingerprint density at radius 2 is 1.61 bits per heavy atom. The molecule has 3 unspecified atom stereocenters. The molecular weight excluding hydrogens is 578 g/mol. The first-order valence-corrected chi connectivity index (χ1v) is 15.5. The number of aromatic nitrogens is 2. The van der Waals surface area contributed by atoms with E-state index in [1.165, 1.54) is 0 Å². The number of benzene rings is 3. The van der Waals surface area contributed by atoms with E-state index >= 15 is 0 Å². The van der Waals surface area contributed by atoms with E-state index in [1.807, 2.05) is 66.7 Å². The predicted molar refractivity (Wildman–Crippen MR) is 166 cm³/mol. The molecule has 3 aromatic carbocycles. The maximum atomic E-state index is 12.1. The lowest BCUT2D eigenvalue weighted by molar-refractivity contribution is -0.245. The van der Waals surface area contributed by atoms with Crippen LogP contribution in [0.3, 0.4) is 0 Å². The van der Waals surface area contributed by atoms with Crippen LogP contribution in [-0.4, -0.2) is 43.9 Å². The highest BCUT2D eigenvalue weighted by Crippen LogP contribution is 2.40. The number of hydrogen-bond acceptors (Lipinski definition) is 8. The van der Waals surface area contributed by atoms with Crippen LogP contribution in [0.1, 0.15) is 60.3 Å². The normalized spacial score (nSPS) is 18.1. The summed E-state index contributed by atoms with van der Waals surface area (Å²) < 4.78 is 13.0. The highest BCUT2D eigenvalue weighted by molar-refractivity contribution is 7.99. The maximum absolute atomic E-state index is 12.1. The second-order valence-corrected chi connectivity index (χ2v) is 11.5. The van der Waals surface area contributed by atoms with Crippen molar-refractivity contribution in [2.45, 2.75) is 62.5 Å². The second kappa shape index (κ2) is 15.6. The molecule has 0 aliphatic carbocycles. The molecule has 44 heavy (non-hydrogen) atoms. The molecule has 228 valence electrons. The molecule has 2 heterocycles. The van der Waals surface area contributed by atoms with Gasteiger partial charge in [0.15, 0.2) is 11.4 Å². The number of thioether (sulfide) groups is 1. The fraction of sp³-hybridized carbons (Fsp3) is 0.294. The first-order valence-electron chi connectivity index (χ1n) is 14.5. The lowest BCUT2D eigenvalue weighted by Gasteiger charge is -2.36. The maximum Gasteiger partial charge on any atom is 0.303 e. The average Bonchev–Trinajstić information content (AvgIpc) is 3.07. The number of nitrogens with zero attached hydrogens (tertiary/aromatic N) is 2. The van der Waals surface area contributed by atoms with Crippen molar-refractivity contribution in [2.24, 2.45) is 0 Å². The molecule has 1 aliphatic heterocycles. The number of nitrogens with one attached hydrogen (secondary N) is 1. The van der Waals surface area contributed by atoms with Gasteiger partial charge in [-0.05, 0) is 52.4 Å². The minimum Gasteiger partial charge on any atom is -0.481 e. The van der Waals surface area contributed by atoms with E-state index in [0.29, 0.717) is 30.3 Å². The van der Waals surface area contributed by atoms with E-state index < -0.39 is 12.3 Å². The van der Waals surface area contributed by atoms with Gasteiger partial charge in [0.05, 0.1) is 18.8 Å². The summed E-state index contributed by atoms with van der Waals surface area (Å²) in [7, 11) is 0. The number of hydrogen-bond donors (Lipinski definition) is 3. The largest absolute Gasteiger partial charge is 0.481 e. The minimum absolute atomic E-state index is 0.0129. The average molecular weight is 614 g/mol. The summed E-state index contributed by atoms with van der Waals surface area (Å²) in [4.78, 5) is 31.5. The predicted octanol–water partition coefficient (Wildman–Crippen LogP) is 5.84. The number of ether oxygens (including phenoxy) is 2. The number of carbonyl (C=O) groups is 2. The van der Waals surface area contributed by atoms with Gasteiger partial charge >= 0.3 is 5.97 Å². The van der Waals surface area contributed by atoms with Crippen LogP contribution in [0.2, 0.25) is 0 Å². The third-order valence-corrected chi connectivity index (χ3v) is 8.27. The molecule has 1 amide bonds. The monoisotopic (exact) mass is 613 g/mol. The minimum atomic E-state index is -0.903. The van der Waals surface area contributed by atoms with E-state index in [0.717, 1.165) is 33.4 Å². The molecule has 0 bridgehead atoms. The number of aliphatic hydroxyl groups is 1. The number of aliphatic carboxylic acids is 1. The Kier molecular flexibility index (Phi) is 11.1. The van der Waals surface area contributed by atoms with Crippen molar-refractivity contribution >= 4 is 23.6 Å². The molecule has 1 saturated heterocycles. The molecule has 0 radical (unpaired) electrons. The van der Waals surface area contributed by atoms with Crippen LogP contribution >= 0.6 is 11.8 Å². The lowest BCUT2D eigenvalue weighted by atomic mass is 9.99. The number of carboxylic acids is 1. The van der Waals surface area contributed by atoms with Gasteiger partial charge in [-0.2, -0.15) is 0 Å². The highest BCUT2D eigenvalue weighted by Gasteiger charge is 2.32. The first-order chi connectivity index (χ1) is 21.5. The number of carbonyl (C=O) groups excluding carboxylic acids is 1. The Morgan fingerprint density at radius 1 is 0.864 bits per heavy atom. The van der Waals surface area contributed by atoms with E-state index in [9.17, 15) is 14.7 Å². The SMILES string of the molecule is O=C(O)CCCC(=O)NCc1cccc(-c2cccc(C3OC(CSc4ncccn4)CC(c4ccc(CO)cc4)O3)c2)c1. The number of rotatable bonds is 13. The lowest BCUT2D eigenvalue weighted by Crippen LogP contribution is -2.31. The summed E-state index contributed by atoms with van der Waals surface area (Å²) in [6.07, 6.45) is 3.68. The first kappa shape index (κ1) is 31.3. The quantitative estimate of drug-likeness (QED) is 0.126. The topological polar surface area (TPSA) is 131 Å². The second-order valence-electron chi connectivity index (χ2n) is 10.5. The molecule has 0 saturated carbocycles. The van der Waals surface area contributed by atoms with E-state index in [2.05, 4.69) is 21.4 Å². The Bertz CT molecular complexity index is 1540. The Balaban J connectivity index is 1.30. The molecule has 3 N–H and O–H groups in total. The molecule has 1 aromatic heterocycles. The van der Waals surface area contributed by atoms with Crippen LogP contribution in [0.25, 0.3) is 11.1 Å². The summed E-state index contributed by atoms with van der Waals surface area (Å²) in [5, 5.41) is 21.8. The third-order valence-electron chi connectivity index (χ3n) is 7.26. The van der Waals surface area contributed by atoms with E-state index in [-0.39, 0.29) is 37.6 Å². The van der Waals surface area contributed by atoms with Crippen molar-refractivity contribution in [2.75, 3.05) is 5.75 Å². The highest BCUT2D eigenvalue weighted by atomic mass is 32.2. The summed E-state index contributed by atoms with van der Waals surface area (Å²) in [6.45, 7) is 0.344. The Hall–Kier alpha value is -4.09. The smallest absolute Gasteiger partial charge is 0.303 e. The molecule has 0 spiro atoms. The van der Waals surface area contributed by atoms with Gasteiger partial charge in [-0.3, -0.25) is 9.59 Å². The van der Waals surface area contributed by atoms with Crippen LogP contribution in [0.15, 0.2) is 96.4 Å². The van der Waals surface area contributed by atoms with Crippen molar-refractivity contribution in [3.8, 4) is 11.1 Å². The number of carboxylic acid groups (broad SMARTS) is 1. The molecule has 1 aliphatic rings. The van der Waals surface area contributed by atoms with Gasteiger partial charge in [0.1, 0.15) is 0 Å². The Morgan fingerprint density at radius 3 is 2.36 bits per heavy atom. The van der Waals surface area contributed by atoms with Crippen LogP contribution in [0.4, 0.5) is 0 Å². The van der Waals surface area contributed by atoms with Crippen molar-refractivity contribution in [3.63, 3.8) is 0 Å². The molecule has 5 rings (SSSR count). The molecular formula is C34H35N3O6S. The van der Waals surface area contributed by atoms with Crippen molar-refractivity contribution in [1.82, 2.24) is 15.3 Å². The van der Waals surface area contributed by atoms with Crippen LogP contribution in [0, 0.1) is 0 Å². The van der Waals surface area contributed by atoms with Crippen LogP contribution < -0.4 is 5.32 Å². The van der Waals surface area contributed by atoms with Gasteiger partial charge in [-0.15, -0.1) is 0 Å². The zero-order chi connectivity index (χ0) is 30.7.